The number of ether oxygens (including phenoxy) is 1. The van der Waals surface area contributed by atoms with Crippen LogP contribution in [0.15, 0.2) is 30.5 Å². The van der Waals surface area contributed by atoms with Gasteiger partial charge in [0.1, 0.15) is 5.56 Å². The van der Waals surface area contributed by atoms with Gasteiger partial charge in [0, 0.05) is 30.9 Å². The summed E-state index contributed by atoms with van der Waals surface area (Å²) in [6.07, 6.45) is 1.36. The zero-order chi connectivity index (χ0) is 17.7. The molecular formula is C17H20N4O3. The van der Waals surface area contributed by atoms with Crippen LogP contribution in [0.4, 0.5) is 11.6 Å². The van der Waals surface area contributed by atoms with E-state index in [1.807, 2.05) is 6.92 Å². The minimum absolute atomic E-state index is 0.0382. The number of nitrogens with two attached hydrogens (primary N) is 1. The fourth-order valence-corrected chi connectivity index (χ4v) is 2.36. The number of hydrogen-bond donors (Lipinski definition) is 1. The first kappa shape index (κ1) is 17.4. The molecule has 7 heteroatoms. The van der Waals surface area contributed by atoms with Crippen LogP contribution in [0, 0.1) is 0 Å². The van der Waals surface area contributed by atoms with Gasteiger partial charge in [-0.05, 0) is 26.0 Å². The molecule has 0 fully saturated rings. The first-order chi connectivity index (χ1) is 11.5. The highest BCUT2D eigenvalue weighted by atomic mass is 16.5. The Kier molecular flexibility index (Phi) is 5.47. The quantitative estimate of drug-likeness (QED) is 0.845. The van der Waals surface area contributed by atoms with Crippen molar-refractivity contribution < 1.29 is 14.3 Å². The third-order valence-corrected chi connectivity index (χ3v) is 3.45. The van der Waals surface area contributed by atoms with Gasteiger partial charge in [0.05, 0.1) is 12.3 Å². The number of hydrogen-bond acceptors (Lipinski definition) is 6. The summed E-state index contributed by atoms with van der Waals surface area (Å²) in [6.45, 7) is 5.97. The van der Waals surface area contributed by atoms with E-state index in [1.165, 1.54) is 13.1 Å². The Morgan fingerprint density at radius 2 is 1.88 bits per heavy atom. The normalized spacial score (nSPS) is 10.3. The van der Waals surface area contributed by atoms with E-state index in [4.69, 9.17) is 10.5 Å². The van der Waals surface area contributed by atoms with Gasteiger partial charge < -0.3 is 15.4 Å². The molecule has 0 atom stereocenters. The summed E-state index contributed by atoms with van der Waals surface area (Å²) in [4.78, 5) is 33.4. The molecule has 24 heavy (non-hydrogen) atoms. The Balaban J connectivity index is 2.43. The van der Waals surface area contributed by atoms with Gasteiger partial charge in [0.15, 0.2) is 0 Å². The van der Waals surface area contributed by atoms with Crippen LogP contribution in [0.3, 0.4) is 0 Å². The highest BCUT2D eigenvalue weighted by Crippen LogP contribution is 2.25. The molecule has 7 nitrogen and oxygen atoms in total. The second kappa shape index (κ2) is 7.54. The van der Waals surface area contributed by atoms with Crippen LogP contribution >= 0.6 is 0 Å². The molecule has 2 aromatic rings. The van der Waals surface area contributed by atoms with Crippen molar-refractivity contribution in [1.29, 1.82) is 0 Å². The fraction of sp³-hybridized carbons (Fsp3) is 0.294. The molecule has 0 saturated heterocycles. The number of aromatic nitrogens is 2. The van der Waals surface area contributed by atoms with E-state index >= 15 is 0 Å². The van der Waals surface area contributed by atoms with Gasteiger partial charge in [0.25, 0.3) is 0 Å². The van der Waals surface area contributed by atoms with Crippen LogP contribution in [0.5, 0.6) is 0 Å². The maximum absolute atomic E-state index is 12.1. The lowest BCUT2D eigenvalue weighted by Crippen LogP contribution is -2.27. The molecule has 2 N–H and O–H groups in total. The summed E-state index contributed by atoms with van der Waals surface area (Å²) in [5.41, 5.74) is 7.76. The van der Waals surface area contributed by atoms with Crippen LogP contribution < -0.4 is 10.6 Å². The molecule has 0 bridgehead atoms. The molecule has 1 aromatic carbocycles. The number of nitrogen functional groups attached to an aromatic ring is 1. The van der Waals surface area contributed by atoms with Gasteiger partial charge >= 0.3 is 5.97 Å². The largest absolute Gasteiger partial charge is 0.462 e. The summed E-state index contributed by atoms with van der Waals surface area (Å²) in [7, 11) is 0. The fourth-order valence-electron chi connectivity index (χ4n) is 2.36. The van der Waals surface area contributed by atoms with Gasteiger partial charge in [-0.1, -0.05) is 12.1 Å². The first-order valence-electron chi connectivity index (χ1n) is 7.66. The van der Waals surface area contributed by atoms with E-state index in [2.05, 4.69) is 9.97 Å². The van der Waals surface area contributed by atoms with Gasteiger partial charge in [-0.25, -0.2) is 14.8 Å². The molecular weight excluding hydrogens is 308 g/mol. The average Bonchev–Trinajstić information content (AvgIpc) is 2.56. The zero-order valence-electron chi connectivity index (χ0n) is 13.9. The summed E-state index contributed by atoms with van der Waals surface area (Å²) < 4.78 is 5.03. The van der Waals surface area contributed by atoms with E-state index in [-0.39, 0.29) is 24.0 Å². The van der Waals surface area contributed by atoms with E-state index < -0.39 is 5.97 Å². The van der Waals surface area contributed by atoms with E-state index in [0.717, 1.165) is 5.69 Å². The van der Waals surface area contributed by atoms with Crippen LogP contribution in [0.2, 0.25) is 0 Å². The van der Waals surface area contributed by atoms with Gasteiger partial charge in [-0.2, -0.15) is 0 Å². The highest BCUT2D eigenvalue weighted by Gasteiger charge is 2.17. The minimum atomic E-state index is -0.504. The molecule has 0 aliphatic heterocycles. The maximum atomic E-state index is 12.1. The minimum Gasteiger partial charge on any atom is -0.462 e. The van der Waals surface area contributed by atoms with E-state index in [0.29, 0.717) is 17.8 Å². The zero-order valence-corrected chi connectivity index (χ0v) is 13.9. The number of nitrogens with zero attached hydrogens (tertiary/aromatic N) is 3. The van der Waals surface area contributed by atoms with Crippen LogP contribution in [-0.4, -0.2) is 35.0 Å². The van der Waals surface area contributed by atoms with E-state index in [9.17, 15) is 9.59 Å². The van der Waals surface area contributed by atoms with Crippen molar-refractivity contribution in [2.24, 2.45) is 0 Å². The van der Waals surface area contributed by atoms with Crippen molar-refractivity contribution in [2.45, 2.75) is 20.8 Å². The number of anilines is 2. The van der Waals surface area contributed by atoms with Crippen molar-refractivity contribution >= 4 is 23.5 Å². The lowest BCUT2D eigenvalue weighted by Gasteiger charge is -2.19. The number of benzene rings is 1. The molecule has 2 rings (SSSR count). The maximum Gasteiger partial charge on any atom is 0.341 e. The number of amides is 1. The molecule has 0 unspecified atom stereocenters. The molecule has 1 amide bonds. The van der Waals surface area contributed by atoms with Gasteiger partial charge in [0.2, 0.25) is 11.9 Å². The number of carbonyl (C=O) groups is 2. The molecule has 0 spiro atoms. The predicted molar refractivity (Wildman–Crippen MR) is 91.5 cm³/mol. The first-order valence-corrected chi connectivity index (χ1v) is 7.66. The second-order valence-corrected chi connectivity index (χ2v) is 5.02. The van der Waals surface area contributed by atoms with Crippen molar-refractivity contribution in [2.75, 3.05) is 23.8 Å². The monoisotopic (exact) mass is 328 g/mol. The topological polar surface area (TPSA) is 98.4 Å². The third-order valence-electron chi connectivity index (χ3n) is 3.45. The molecule has 0 aliphatic rings. The molecule has 0 saturated carbocycles. The van der Waals surface area contributed by atoms with E-state index in [1.54, 1.807) is 36.1 Å². The van der Waals surface area contributed by atoms with Gasteiger partial charge in [-0.15, -0.1) is 0 Å². The lowest BCUT2D eigenvalue weighted by atomic mass is 10.1. The summed E-state index contributed by atoms with van der Waals surface area (Å²) in [5, 5.41) is 0. The summed E-state index contributed by atoms with van der Waals surface area (Å²) in [6, 6.07) is 7.16. The average molecular weight is 328 g/mol. The number of carbonyl (C=O) groups excluding carboxylic acids is 2. The molecule has 126 valence electrons. The summed E-state index contributed by atoms with van der Waals surface area (Å²) >= 11 is 0. The molecule has 0 radical (unpaired) electrons. The molecule has 1 aromatic heterocycles. The van der Waals surface area contributed by atoms with Crippen molar-refractivity contribution in [3.63, 3.8) is 0 Å². The Morgan fingerprint density at radius 3 is 2.42 bits per heavy atom. The smallest absolute Gasteiger partial charge is 0.341 e. The van der Waals surface area contributed by atoms with Crippen LogP contribution in [-0.2, 0) is 9.53 Å². The SMILES string of the molecule is CCOC(=O)c1cnc(N)nc1-c1ccc(N(CC)C(C)=O)cc1. The molecule has 1 heterocycles. The van der Waals surface area contributed by atoms with Gasteiger partial charge in [-0.3, -0.25) is 4.79 Å². The number of esters is 1. The summed E-state index contributed by atoms with van der Waals surface area (Å²) in [5.74, 6) is -0.472. The third kappa shape index (κ3) is 3.68. The van der Waals surface area contributed by atoms with Crippen LogP contribution in [0.25, 0.3) is 11.3 Å². The van der Waals surface area contributed by atoms with Crippen LogP contribution in [0.1, 0.15) is 31.1 Å². The lowest BCUT2D eigenvalue weighted by molar-refractivity contribution is -0.116. The Bertz CT molecular complexity index is 744. The Labute approximate surface area is 140 Å². The van der Waals surface area contributed by atoms with Crippen molar-refractivity contribution in [1.82, 2.24) is 9.97 Å². The van der Waals surface area contributed by atoms with Crippen molar-refractivity contribution in [3.05, 3.63) is 36.0 Å². The van der Waals surface area contributed by atoms with Crippen molar-refractivity contribution in [3.8, 4) is 11.3 Å². The highest BCUT2D eigenvalue weighted by molar-refractivity contribution is 5.96. The Hall–Kier alpha value is -2.96. The molecule has 0 aliphatic carbocycles. The predicted octanol–water partition coefficient (Wildman–Crippen LogP) is 2.28. The standard InChI is InChI=1S/C17H20N4O3/c1-4-21(11(3)22)13-8-6-12(7-9-13)15-14(16(23)24-5-2)10-19-17(18)20-15/h6-10H,4-5H2,1-3H3,(H2,18,19,20). The second-order valence-electron chi connectivity index (χ2n) is 5.02. The number of rotatable bonds is 5. The Morgan fingerprint density at radius 1 is 1.21 bits per heavy atom.